The van der Waals surface area contributed by atoms with Gasteiger partial charge in [0.1, 0.15) is 18.1 Å². The molecule has 2 N–H and O–H groups in total. The van der Waals surface area contributed by atoms with E-state index in [1.54, 1.807) is 4.90 Å². The summed E-state index contributed by atoms with van der Waals surface area (Å²) in [4.78, 5) is 25.5. The average Bonchev–Trinajstić information content (AvgIpc) is 3.09. The van der Waals surface area contributed by atoms with E-state index in [1.807, 2.05) is 24.3 Å². The number of benzene rings is 1. The van der Waals surface area contributed by atoms with Crippen LogP contribution in [-0.4, -0.2) is 43.0 Å². The molecule has 24 heavy (non-hydrogen) atoms. The number of nitrogens with zero attached hydrogens (tertiary/aromatic N) is 1. The first-order chi connectivity index (χ1) is 11.6. The van der Waals surface area contributed by atoms with Crippen molar-refractivity contribution in [2.75, 3.05) is 26.3 Å². The minimum atomic E-state index is -0.343. The van der Waals surface area contributed by atoms with Gasteiger partial charge in [0, 0.05) is 24.7 Å². The third-order valence-corrected chi connectivity index (χ3v) is 4.32. The lowest BCUT2D eigenvalue weighted by atomic mass is 10.1. The number of fused-ring (bicyclic) bond motifs is 1. The summed E-state index contributed by atoms with van der Waals surface area (Å²) in [5.74, 6) is 0.809. The third-order valence-electron chi connectivity index (χ3n) is 4.32. The topological polar surface area (TPSA) is 81.9 Å². The first-order valence-electron chi connectivity index (χ1n) is 8.27. The average molecular weight is 330 g/mol. The number of hydrogen-bond donors (Lipinski definition) is 1. The van der Waals surface area contributed by atoms with Crippen molar-refractivity contribution < 1.29 is 19.1 Å². The molecular formula is C18H22N2O4. The van der Waals surface area contributed by atoms with Gasteiger partial charge in [0.2, 0.25) is 5.91 Å². The van der Waals surface area contributed by atoms with E-state index < -0.39 is 0 Å². The molecule has 0 aromatic heterocycles. The molecule has 1 atom stereocenters. The zero-order valence-electron chi connectivity index (χ0n) is 13.8. The molecule has 1 aromatic rings. The fraction of sp³-hybridized carbons (Fsp3) is 0.444. The van der Waals surface area contributed by atoms with Crippen LogP contribution in [0.25, 0.3) is 6.08 Å². The number of carbonyl (C=O) groups is 2. The lowest BCUT2D eigenvalue weighted by Crippen LogP contribution is -2.34. The Morgan fingerprint density at radius 2 is 2.25 bits per heavy atom. The van der Waals surface area contributed by atoms with Gasteiger partial charge in [-0.25, -0.2) is 0 Å². The van der Waals surface area contributed by atoms with Crippen molar-refractivity contribution in [3.05, 3.63) is 29.3 Å². The summed E-state index contributed by atoms with van der Waals surface area (Å²) in [6, 6.07) is 5.62. The van der Waals surface area contributed by atoms with Crippen LogP contribution in [0.5, 0.6) is 11.5 Å². The molecule has 0 unspecified atom stereocenters. The van der Waals surface area contributed by atoms with Crippen molar-refractivity contribution in [2.45, 2.75) is 19.8 Å². The van der Waals surface area contributed by atoms with Crippen molar-refractivity contribution in [1.82, 2.24) is 4.90 Å². The highest BCUT2D eigenvalue weighted by atomic mass is 16.5. The fourth-order valence-corrected chi connectivity index (χ4v) is 2.96. The third kappa shape index (κ3) is 3.37. The molecule has 1 aromatic carbocycles. The van der Waals surface area contributed by atoms with Crippen molar-refractivity contribution in [3.63, 3.8) is 0 Å². The van der Waals surface area contributed by atoms with Gasteiger partial charge in [-0.2, -0.15) is 0 Å². The van der Waals surface area contributed by atoms with Crippen LogP contribution >= 0.6 is 0 Å². The van der Waals surface area contributed by atoms with E-state index in [9.17, 15) is 9.59 Å². The van der Waals surface area contributed by atoms with Gasteiger partial charge in [-0.3, -0.25) is 9.59 Å². The van der Waals surface area contributed by atoms with Gasteiger partial charge in [-0.05, 0) is 31.1 Å². The van der Waals surface area contributed by atoms with Gasteiger partial charge < -0.3 is 20.1 Å². The minimum absolute atomic E-state index is 0.0873. The molecule has 6 nitrogen and oxygen atoms in total. The Morgan fingerprint density at radius 1 is 1.42 bits per heavy atom. The maximum atomic E-state index is 12.6. The first-order valence-corrected chi connectivity index (χ1v) is 8.27. The van der Waals surface area contributed by atoms with E-state index >= 15 is 0 Å². The van der Waals surface area contributed by atoms with Crippen LogP contribution in [0.4, 0.5) is 0 Å². The van der Waals surface area contributed by atoms with E-state index in [0.29, 0.717) is 31.7 Å². The second-order valence-electron chi connectivity index (χ2n) is 6.15. The van der Waals surface area contributed by atoms with Gasteiger partial charge >= 0.3 is 0 Å². The number of hydrogen-bond acceptors (Lipinski definition) is 4. The predicted molar refractivity (Wildman–Crippen MR) is 89.6 cm³/mol. The normalized spacial score (nSPS) is 19.3. The van der Waals surface area contributed by atoms with Gasteiger partial charge in [0.15, 0.2) is 0 Å². The molecule has 1 fully saturated rings. The molecule has 2 amide bonds. The van der Waals surface area contributed by atoms with Crippen molar-refractivity contribution >= 4 is 17.9 Å². The first kappa shape index (κ1) is 16.4. The zero-order valence-corrected chi connectivity index (χ0v) is 13.8. The lowest BCUT2D eigenvalue weighted by Gasteiger charge is -2.22. The minimum Gasteiger partial charge on any atom is -0.493 e. The summed E-state index contributed by atoms with van der Waals surface area (Å²) in [5, 5.41) is 0. The summed E-state index contributed by atoms with van der Waals surface area (Å²) < 4.78 is 11.3. The molecule has 128 valence electrons. The molecule has 3 rings (SSSR count). The standard InChI is InChI=1S/C18H22N2O4/c1-2-7-23-15-4-3-12-8-14(11-24-16(12)9-15)18(22)20-6-5-13(10-20)17(19)21/h3-4,8-9,13H,2,5-7,10-11H2,1H3,(H2,19,21)/t13-/m1/s1. The molecule has 2 aliphatic rings. The molecule has 0 aliphatic carbocycles. The SMILES string of the molecule is CCCOc1ccc2c(c1)OCC(C(=O)N1CC[C@@H](C(N)=O)C1)=C2. The number of carbonyl (C=O) groups excluding carboxylic acids is 2. The highest BCUT2D eigenvalue weighted by Crippen LogP contribution is 2.31. The van der Waals surface area contributed by atoms with Crippen LogP contribution < -0.4 is 15.2 Å². The predicted octanol–water partition coefficient (Wildman–Crippen LogP) is 1.58. The molecule has 2 aliphatic heterocycles. The van der Waals surface area contributed by atoms with Crippen LogP contribution in [0, 0.1) is 5.92 Å². The number of likely N-dealkylation sites (tertiary alicyclic amines) is 1. The summed E-state index contributed by atoms with van der Waals surface area (Å²) in [6.07, 6.45) is 3.42. The van der Waals surface area contributed by atoms with E-state index in [1.165, 1.54) is 0 Å². The number of rotatable bonds is 5. The Morgan fingerprint density at radius 3 is 2.96 bits per heavy atom. The van der Waals surface area contributed by atoms with Crippen LogP contribution in [0.3, 0.4) is 0 Å². The van der Waals surface area contributed by atoms with E-state index in [0.717, 1.165) is 23.5 Å². The van der Waals surface area contributed by atoms with Crippen molar-refractivity contribution in [2.24, 2.45) is 11.7 Å². The van der Waals surface area contributed by atoms with Crippen LogP contribution in [0.1, 0.15) is 25.3 Å². The van der Waals surface area contributed by atoms with Crippen molar-refractivity contribution in [1.29, 1.82) is 0 Å². The molecule has 0 saturated carbocycles. The number of primary amides is 1. The smallest absolute Gasteiger partial charge is 0.253 e. The second-order valence-corrected chi connectivity index (χ2v) is 6.15. The Labute approximate surface area is 141 Å². The second kappa shape index (κ2) is 6.95. The van der Waals surface area contributed by atoms with Crippen LogP contribution in [0.15, 0.2) is 23.8 Å². The Bertz CT molecular complexity index is 684. The monoisotopic (exact) mass is 330 g/mol. The highest BCUT2D eigenvalue weighted by molar-refractivity contribution is 5.99. The lowest BCUT2D eigenvalue weighted by molar-refractivity contribution is -0.127. The molecular weight excluding hydrogens is 308 g/mol. The quantitative estimate of drug-likeness (QED) is 0.889. The van der Waals surface area contributed by atoms with Gasteiger partial charge in [-0.15, -0.1) is 0 Å². The Balaban J connectivity index is 1.71. The molecule has 2 heterocycles. The van der Waals surface area contributed by atoms with Crippen LogP contribution in [0.2, 0.25) is 0 Å². The van der Waals surface area contributed by atoms with E-state index in [2.05, 4.69) is 6.92 Å². The molecule has 0 spiro atoms. The number of amides is 2. The van der Waals surface area contributed by atoms with Gasteiger partial charge in [0.25, 0.3) is 5.91 Å². The molecule has 0 bridgehead atoms. The Hall–Kier alpha value is -2.50. The highest BCUT2D eigenvalue weighted by Gasteiger charge is 2.31. The van der Waals surface area contributed by atoms with Crippen molar-refractivity contribution in [3.8, 4) is 11.5 Å². The van der Waals surface area contributed by atoms with Crippen LogP contribution in [-0.2, 0) is 9.59 Å². The Kier molecular flexibility index (Phi) is 4.74. The molecule has 0 radical (unpaired) electrons. The summed E-state index contributed by atoms with van der Waals surface area (Å²) in [7, 11) is 0. The number of nitrogens with two attached hydrogens (primary N) is 1. The van der Waals surface area contributed by atoms with Gasteiger partial charge in [-0.1, -0.05) is 6.92 Å². The summed E-state index contributed by atoms with van der Waals surface area (Å²) in [6.45, 7) is 3.88. The maximum absolute atomic E-state index is 12.6. The molecule has 6 heteroatoms. The van der Waals surface area contributed by atoms with Gasteiger partial charge in [0.05, 0.1) is 18.1 Å². The maximum Gasteiger partial charge on any atom is 0.253 e. The molecule has 1 saturated heterocycles. The number of ether oxygens (including phenoxy) is 2. The van der Waals surface area contributed by atoms with E-state index in [4.69, 9.17) is 15.2 Å². The summed E-state index contributed by atoms with van der Waals surface area (Å²) >= 11 is 0. The fourth-order valence-electron chi connectivity index (χ4n) is 2.96. The largest absolute Gasteiger partial charge is 0.493 e. The summed E-state index contributed by atoms with van der Waals surface area (Å²) in [5.41, 5.74) is 6.78. The van der Waals surface area contributed by atoms with E-state index in [-0.39, 0.29) is 24.3 Å². The zero-order chi connectivity index (χ0) is 17.1.